The Labute approximate surface area is 177 Å². The number of ether oxygens (including phenoxy) is 4. The van der Waals surface area contributed by atoms with E-state index in [1.165, 1.54) is 0 Å². The molecule has 0 heterocycles. The molecule has 0 saturated heterocycles. The van der Waals surface area contributed by atoms with Crippen molar-refractivity contribution in [2.24, 2.45) is 4.99 Å². The Morgan fingerprint density at radius 1 is 0.833 bits per heavy atom. The lowest BCUT2D eigenvalue weighted by atomic mass is 10.3. The second kappa shape index (κ2) is 10.7. The molecule has 0 unspecified atom stereocenters. The van der Waals surface area contributed by atoms with Gasteiger partial charge in [-0.05, 0) is 62.4 Å². The molecule has 0 saturated carbocycles. The topological polar surface area (TPSA) is 49.3 Å². The predicted octanol–water partition coefficient (Wildman–Crippen LogP) is 6.19. The summed E-state index contributed by atoms with van der Waals surface area (Å²) in [6, 6.07) is 24.5. The van der Waals surface area contributed by atoms with E-state index in [0.29, 0.717) is 24.0 Å². The maximum Gasteiger partial charge on any atom is 0.225 e. The van der Waals surface area contributed by atoms with E-state index < -0.39 is 0 Å². The van der Waals surface area contributed by atoms with Gasteiger partial charge in [0, 0.05) is 11.6 Å². The van der Waals surface area contributed by atoms with Gasteiger partial charge in [0.15, 0.2) is 0 Å². The fourth-order valence-corrected chi connectivity index (χ4v) is 2.58. The van der Waals surface area contributed by atoms with Gasteiger partial charge in [-0.15, -0.1) is 0 Å². The maximum absolute atomic E-state index is 6.09. The fraction of sp³-hybridized carbons (Fsp3) is 0.160. The minimum atomic E-state index is 0.434. The monoisotopic (exact) mass is 403 g/mol. The highest BCUT2D eigenvalue weighted by atomic mass is 16.5. The van der Waals surface area contributed by atoms with Crippen LogP contribution in [0.4, 0.5) is 5.69 Å². The molecule has 0 atom stereocenters. The van der Waals surface area contributed by atoms with Crippen molar-refractivity contribution in [3.05, 3.63) is 90.7 Å². The van der Waals surface area contributed by atoms with Gasteiger partial charge in [0.05, 0.1) is 25.7 Å². The Hall–Kier alpha value is -3.73. The molecule has 0 N–H and O–H groups in total. The molecule has 5 nitrogen and oxygen atoms in total. The second-order valence-corrected chi connectivity index (χ2v) is 6.36. The number of methoxy groups -OCH3 is 1. The zero-order valence-electron chi connectivity index (χ0n) is 17.4. The van der Waals surface area contributed by atoms with Gasteiger partial charge >= 0.3 is 0 Å². The first-order valence-corrected chi connectivity index (χ1v) is 9.70. The highest BCUT2D eigenvalue weighted by molar-refractivity contribution is 5.96. The summed E-state index contributed by atoms with van der Waals surface area (Å²) in [7, 11) is 1.63. The molecule has 0 amide bonds. The highest BCUT2D eigenvalue weighted by Crippen LogP contribution is 2.23. The van der Waals surface area contributed by atoms with Crippen LogP contribution in [0.1, 0.15) is 13.8 Å². The van der Waals surface area contributed by atoms with Gasteiger partial charge in [-0.1, -0.05) is 24.3 Å². The summed E-state index contributed by atoms with van der Waals surface area (Å²) >= 11 is 0. The van der Waals surface area contributed by atoms with Crippen LogP contribution in [-0.4, -0.2) is 19.6 Å². The Bertz CT molecular complexity index is 995. The molecule has 0 fully saturated rings. The summed E-state index contributed by atoms with van der Waals surface area (Å²) < 4.78 is 22.6. The number of hydrogen-bond donors (Lipinski definition) is 0. The van der Waals surface area contributed by atoms with Gasteiger partial charge in [0.1, 0.15) is 23.0 Å². The molecule has 154 valence electrons. The molecule has 30 heavy (non-hydrogen) atoms. The molecule has 0 radical (unpaired) electrons. The third-order valence-corrected chi connectivity index (χ3v) is 4.09. The number of benzene rings is 3. The first-order valence-electron chi connectivity index (χ1n) is 9.70. The summed E-state index contributed by atoms with van der Waals surface area (Å²) in [5, 5.41) is 0. The minimum absolute atomic E-state index is 0.434. The van der Waals surface area contributed by atoms with Crippen molar-refractivity contribution in [2.45, 2.75) is 13.8 Å². The van der Waals surface area contributed by atoms with E-state index in [0.717, 1.165) is 22.8 Å². The number of rotatable bonds is 8. The van der Waals surface area contributed by atoms with Crippen LogP contribution in [0.2, 0.25) is 0 Å². The molecule has 3 aromatic carbocycles. The second-order valence-electron chi connectivity index (χ2n) is 6.36. The molecular weight excluding hydrogens is 378 g/mol. The number of aliphatic imine (C=N–C) groups is 1. The van der Waals surface area contributed by atoms with E-state index in [4.69, 9.17) is 18.9 Å². The molecule has 5 heteroatoms. The smallest absolute Gasteiger partial charge is 0.225 e. The lowest BCUT2D eigenvalue weighted by Gasteiger charge is -2.11. The quantitative estimate of drug-likeness (QED) is 0.256. The van der Waals surface area contributed by atoms with Crippen molar-refractivity contribution in [3.8, 4) is 23.0 Å². The van der Waals surface area contributed by atoms with Crippen molar-refractivity contribution < 1.29 is 18.9 Å². The number of para-hydroxylation sites is 1. The molecule has 0 aliphatic heterocycles. The van der Waals surface area contributed by atoms with E-state index in [9.17, 15) is 0 Å². The van der Waals surface area contributed by atoms with Crippen molar-refractivity contribution in [2.75, 3.05) is 13.7 Å². The van der Waals surface area contributed by atoms with Crippen molar-refractivity contribution in [1.29, 1.82) is 0 Å². The molecule has 0 bridgehead atoms. The van der Waals surface area contributed by atoms with Crippen LogP contribution in [0, 0.1) is 0 Å². The van der Waals surface area contributed by atoms with Crippen molar-refractivity contribution in [3.63, 3.8) is 0 Å². The summed E-state index contributed by atoms with van der Waals surface area (Å²) in [5.74, 6) is 3.26. The zero-order valence-corrected chi connectivity index (χ0v) is 17.4. The van der Waals surface area contributed by atoms with E-state index in [1.807, 2.05) is 92.7 Å². The van der Waals surface area contributed by atoms with Gasteiger partial charge in [-0.2, -0.15) is 0 Å². The summed E-state index contributed by atoms with van der Waals surface area (Å²) in [6.45, 7) is 4.42. The Balaban J connectivity index is 1.84. The SMILES string of the molecule is CCOc1cccc(OC(=Nc2ccccc2)/C(C)=C/Oc2ccc(OC)cc2)c1. The molecule has 0 spiro atoms. The van der Waals surface area contributed by atoms with Crippen LogP contribution in [0.15, 0.2) is 95.7 Å². The van der Waals surface area contributed by atoms with Gasteiger partial charge < -0.3 is 18.9 Å². The molecule has 0 aliphatic carbocycles. The molecule has 0 aliphatic rings. The molecule has 3 rings (SSSR count). The average Bonchev–Trinajstić information content (AvgIpc) is 2.78. The van der Waals surface area contributed by atoms with E-state index in [-0.39, 0.29) is 0 Å². The highest BCUT2D eigenvalue weighted by Gasteiger charge is 2.09. The van der Waals surface area contributed by atoms with Crippen LogP contribution in [0.3, 0.4) is 0 Å². The summed E-state index contributed by atoms with van der Waals surface area (Å²) in [5.41, 5.74) is 1.52. The lowest BCUT2D eigenvalue weighted by molar-refractivity contribution is 0.339. The largest absolute Gasteiger partial charge is 0.497 e. The standard InChI is InChI=1S/C25H25NO4/c1-4-28-23-11-8-12-24(17-23)30-25(26-20-9-6-5-7-10-20)19(2)18-29-22-15-13-21(27-3)14-16-22/h5-18H,4H2,1-3H3/b19-18+,26-25?. The Morgan fingerprint density at radius 2 is 1.53 bits per heavy atom. The van der Waals surface area contributed by atoms with E-state index in [1.54, 1.807) is 13.4 Å². The zero-order chi connectivity index (χ0) is 21.2. The fourth-order valence-electron chi connectivity index (χ4n) is 2.58. The van der Waals surface area contributed by atoms with Gasteiger partial charge in [0.2, 0.25) is 5.90 Å². The molecule has 0 aromatic heterocycles. The third-order valence-electron chi connectivity index (χ3n) is 4.09. The number of hydrogen-bond acceptors (Lipinski definition) is 5. The van der Waals surface area contributed by atoms with Crippen LogP contribution in [0.25, 0.3) is 0 Å². The Morgan fingerprint density at radius 3 is 2.23 bits per heavy atom. The summed E-state index contributed by atoms with van der Waals surface area (Å²) in [6.07, 6.45) is 1.62. The van der Waals surface area contributed by atoms with Crippen LogP contribution in [0.5, 0.6) is 23.0 Å². The lowest BCUT2D eigenvalue weighted by Crippen LogP contribution is -2.11. The minimum Gasteiger partial charge on any atom is -0.497 e. The van der Waals surface area contributed by atoms with Gasteiger partial charge in [0.25, 0.3) is 0 Å². The van der Waals surface area contributed by atoms with Crippen molar-refractivity contribution in [1.82, 2.24) is 0 Å². The van der Waals surface area contributed by atoms with Gasteiger partial charge in [-0.25, -0.2) is 4.99 Å². The summed E-state index contributed by atoms with van der Waals surface area (Å²) in [4.78, 5) is 4.65. The first kappa shape index (κ1) is 21.0. The van der Waals surface area contributed by atoms with Crippen molar-refractivity contribution >= 4 is 11.6 Å². The van der Waals surface area contributed by atoms with Crippen LogP contribution in [-0.2, 0) is 0 Å². The Kier molecular flexibility index (Phi) is 7.50. The molecular formula is C25H25NO4. The third kappa shape index (κ3) is 6.14. The van der Waals surface area contributed by atoms with E-state index >= 15 is 0 Å². The maximum atomic E-state index is 6.09. The van der Waals surface area contributed by atoms with Gasteiger partial charge in [-0.3, -0.25) is 0 Å². The normalized spacial score (nSPS) is 11.7. The van der Waals surface area contributed by atoms with Crippen LogP contribution >= 0.6 is 0 Å². The first-order chi connectivity index (χ1) is 14.7. The predicted molar refractivity (Wildman–Crippen MR) is 119 cm³/mol. The number of nitrogens with zero attached hydrogens (tertiary/aromatic N) is 1. The van der Waals surface area contributed by atoms with Crippen LogP contribution < -0.4 is 18.9 Å². The molecule has 3 aromatic rings. The van der Waals surface area contributed by atoms with E-state index in [2.05, 4.69) is 4.99 Å². The average molecular weight is 403 g/mol.